The number of ketones is 2. The van der Waals surface area contributed by atoms with Gasteiger partial charge < -0.3 is 9.64 Å². The average Bonchev–Trinajstić information content (AvgIpc) is 2.64. The summed E-state index contributed by atoms with van der Waals surface area (Å²) in [5, 5.41) is -0.158. The molecule has 2 aromatic rings. The molecule has 1 atom stereocenters. The first-order chi connectivity index (χ1) is 12.7. The molecule has 1 amide bonds. The van der Waals surface area contributed by atoms with Gasteiger partial charge in [-0.25, -0.2) is 4.79 Å². The summed E-state index contributed by atoms with van der Waals surface area (Å²) < 4.78 is 5.15. The van der Waals surface area contributed by atoms with Gasteiger partial charge in [0.25, 0.3) is 5.91 Å². The molecule has 3 rings (SSSR count). The van der Waals surface area contributed by atoms with Crippen LogP contribution in [-0.2, 0) is 9.53 Å². The zero-order chi connectivity index (χ0) is 19.9. The van der Waals surface area contributed by atoms with Crippen LogP contribution < -0.4 is 0 Å². The average molecular weight is 386 g/mol. The fourth-order valence-corrected chi connectivity index (χ4v) is 3.27. The molecule has 0 N–H and O–H groups in total. The molecule has 0 spiro atoms. The maximum Gasteiger partial charge on any atom is 0.340 e. The molecule has 0 heterocycles. The topological polar surface area (TPSA) is 80.8 Å². The molecule has 27 heavy (non-hydrogen) atoms. The standard InChI is InChI=1S/C20H16ClNO5/c1-10(19(25)22(2)3)27-20(26)14-9-8-13-15(16(14)21)18(24)12-7-5-4-6-11(12)17(13)23/h4-10H,1-3H3/t10-/m1/s1. The Bertz CT molecular complexity index is 996. The van der Waals surface area contributed by atoms with E-state index in [1.807, 2.05) is 0 Å². The van der Waals surface area contributed by atoms with E-state index in [2.05, 4.69) is 0 Å². The molecule has 1 aliphatic rings. The molecule has 2 aromatic carbocycles. The largest absolute Gasteiger partial charge is 0.449 e. The molecule has 0 aliphatic heterocycles. The zero-order valence-electron chi connectivity index (χ0n) is 14.9. The SMILES string of the molecule is C[C@@H](OC(=O)c1ccc2c(c1Cl)C(=O)c1ccccc1C2=O)C(=O)N(C)C. The first-order valence-corrected chi connectivity index (χ1v) is 8.55. The van der Waals surface area contributed by atoms with E-state index in [-0.39, 0.29) is 33.1 Å². The Balaban J connectivity index is 2.00. The number of esters is 1. The number of halogens is 1. The lowest BCUT2D eigenvalue weighted by atomic mass is 9.83. The van der Waals surface area contributed by atoms with Crippen molar-refractivity contribution in [3.8, 4) is 0 Å². The minimum Gasteiger partial charge on any atom is -0.449 e. The Morgan fingerprint density at radius 3 is 2.15 bits per heavy atom. The van der Waals surface area contributed by atoms with Crippen LogP contribution in [0.1, 0.15) is 49.1 Å². The van der Waals surface area contributed by atoms with Crippen molar-refractivity contribution in [1.29, 1.82) is 0 Å². The zero-order valence-corrected chi connectivity index (χ0v) is 15.7. The van der Waals surface area contributed by atoms with Crippen molar-refractivity contribution in [2.45, 2.75) is 13.0 Å². The first-order valence-electron chi connectivity index (χ1n) is 8.17. The second-order valence-electron chi connectivity index (χ2n) is 6.33. The third-order valence-corrected chi connectivity index (χ3v) is 4.71. The molecule has 0 saturated carbocycles. The van der Waals surface area contributed by atoms with E-state index < -0.39 is 23.8 Å². The summed E-state index contributed by atoms with van der Waals surface area (Å²) in [5.41, 5.74) is 0.568. The van der Waals surface area contributed by atoms with Crippen molar-refractivity contribution in [3.63, 3.8) is 0 Å². The van der Waals surface area contributed by atoms with Crippen LogP contribution in [0.5, 0.6) is 0 Å². The molecule has 0 saturated heterocycles. The Hall–Kier alpha value is -2.99. The van der Waals surface area contributed by atoms with Gasteiger partial charge in [0.15, 0.2) is 17.7 Å². The van der Waals surface area contributed by atoms with E-state index in [0.29, 0.717) is 5.56 Å². The van der Waals surface area contributed by atoms with Crippen molar-refractivity contribution in [2.24, 2.45) is 0 Å². The quantitative estimate of drug-likeness (QED) is 0.647. The monoisotopic (exact) mass is 385 g/mol. The van der Waals surface area contributed by atoms with Gasteiger partial charge in [-0.2, -0.15) is 0 Å². The van der Waals surface area contributed by atoms with Crippen LogP contribution in [0.2, 0.25) is 5.02 Å². The molecule has 0 bridgehead atoms. The van der Waals surface area contributed by atoms with Gasteiger partial charge in [-0.3, -0.25) is 14.4 Å². The fraction of sp³-hybridized carbons (Fsp3) is 0.200. The molecule has 1 aliphatic carbocycles. The highest BCUT2D eigenvalue weighted by Crippen LogP contribution is 2.34. The molecule has 0 aromatic heterocycles. The Kier molecular flexibility index (Phi) is 4.85. The number of likely N-dealkylation sites (N-methyl/N-ethyl adjacent to an activating group) is 1. The number of nitrogens with zero attached hydrogens (tertiary/aromatic N) is 1. The minimum atomic E-state index is -1.02. The molecule has 0 fully saturated rings. The molecule has 138 valence electrons. The second kappa shape index (κ2) is 6.96. The van der Waals surface area contributed by atoms with Gasteiger partial charge in [0.1, 0.15) is 0 Å². The number of fused-ring (bicyclic) bond motifs is 2. The highest BCUT2D eigenvalue weighted by molar-refractivity contribution is 6.41. The number of carbonyl (C=O) groups is 4. The number of ether oxygens (including phenoxy) is 1. The van der Waals surface area contributed by atoms with Crippen LogP contribution in [0.15, 0.2) is 36.4 Å². The molecule has 7 heteroatoms. The van der Waals surface area contributed by atoms with Crippen LogP contribution in [0.4, 0.5) is 0 Å². The van der Waals surface area contributed by atoms with Crippen LogP contribution in [0.25, 0.3) is 0 Å². The van der Waals surface area contributed by atoms with Crippen LogP contribution in [0.3, 0.4) is 0 Å². The van der Waals surface area contributed by atoms with Gasteiger partial charge >= 0.3 is 5.97 Å². The Labute approximate surface area is 160 Å². The van der Waals surface area contributed by atoms with Gasteiger partial charge in [0.05, 0.1) is 16.1 Å². The van der Waals surface area contributed by atoms with Crippen LogP contribution in [0, 0.1) is 0 Å². The number of hydrogen-bond acceptors (Lipinski definition) is 5. The molecule has 0 unspecified atom stereocenters. The molecule has 0 radical (unpaired) electrons. The summed E-state index contributed by atoms with van der Waals surface area (Å²) in [6, 6.07) is 9.14. The van der Waals surface area contributed by atoms with Gasteiger partial charge in [0.2, 0.25) is 0 Å². The van der Waals surface area contributed by atoms with Crippen LogP contribution >= 0.6 is 11.6 Å². The number of rotatable bonds is 3. The summed E-state index contributed by atoms with van der Waals surface area (Å²) >= 11 is 6.30. The number of hydrogen-bond donors (Lipinski definition) is 0. The fourth-order valence-electron chi connectivity index (χ4n) is 2.94. The number of carbonyl (C=O) groups excluding carboxylic acids is 4. The predicted molar refractivity (Wildman–Crippen MR) is 98.3 cm³/mol. The van der Waals surface area contributed by atoms with Crippen molar-refractivity contribution in [3.05, 3.63) is 69.2 Å². The maximum atomic E-state index is 12.8. The van der Waals surface area contributed by atoms with Crippen molar-refractivity contribution in [2.75, 3.05) is 14.1 Å². The second-order valence-corrected chi connectivity index (χ2v) is 6.71. The smallest absolute Gasteiger partial charge is 0.340 e. The van der Waals surface area contributed by atoms with E-state index in [1.165, 1.54) is 30.0 Å². The van der Waals surface area contributed by atoms with Crippen LogP contribution in [-0.4, -0.2) is 48.5 Å². The van der Waals surface area contributed by atoms with E-state index >= 15 is 0 Å². The predicted octanol–water partition coefficient (Wildman–Crippen LogP) is 2.75. The molecule has 6 nitrogen and oxygen atoms in total. The summed E-state index contributed by atoms with van der Waals surface area (Å²) in [6.45, 7) is 1.44. The van der Waals surface area contributed by atoms with Crippen molar-refractivity contribution in [1.82, 2.24) is 4.90 Å². The summed E-state index contributed by atoms with van der Waals surface area (Å²) in [6.07, 6.45) is -1.02. The highest BCUT2D eigenvalue weighted by atomic mass is 35.5. The summed E-state index contributed by atoms with van der Waals surface area (Å²) in [4.78, 5) is 51.1. The lowest BCUT2D eigenvalue weighted by Crippen LogP contribution is -2.35. The van der Waals surface area contributed by atoms with Crippen molar-refractivity contribution >= 4 is 35.0 Å². The lowest BCUT2D eigenvalue weighted by molar-refractivity contribution is -0.137. The first kappa shape index (κ1) is 18.8. The molecular weight excluding hydrogens is 370 g/mol. The molecular formula is C20H16ClNO5. The van der Waals surface area contributed by atoms with Gasteiger partial charge in [-0.1, -0.05) is 35.9 Å². The number of amides is 1. The lowest BCUT2D eigenvalue weighted by Gasteiger charge is -2.21. The van der Waals surface area contributed by atoms with Crippen molar-refractivity contribution < 1.29 is 23.9 Å². The third-order valence-electron chi connectivity index (χ3n) is 4.32. The van der Waals surface area contributed by atoms with E-state index in [4.69, 9.17) is 16.3 Å². The van der Waals surface area contributed by atoms with E-state index in [1.54, 1.807) is 32.3 Å². The third kappa shape index (κ3) is 3.13. The van der Waals surface area contributed by atoms with E-state index in [9.17, 15) is 19.2 Å². The summed E-state index contributed by atoms with van der Waals surface area (Å²) in [5.74, 6) is -2.00. The highest BCUT2D eigenvalue weighted by Gasteiger charge is 2.33. The van der Waals surface area contributed by atoms with E-state index in [0.717, 1.165) is 0 Å². The van der Waals surface area contributed by atoms with Gasteiger partial charge in [-0.15, -0.1) is 0 Å². The minimum absolute atomic E-state index is 0.0265. The van der Waals surface area contributed by atoms with Gasteiger partial charge in [-0.05, 0) is 19.1 Å². The van der Waals surface area contributed by atoms with Gasteiger partial charge in [0, 0.05) is 30.8 Å². The normalized spacial score (nSPS) is 13.5. The number of benzene rings is 2. The Morgan fingerprint density at radius 2 is 1.56 bits per heavy atom. The maximum absolute atomic E-state index is 12.8. The Morgan fingerprint density at radius 1 is 0.963 bits per heavy atom. The summed E-state index contributed by atoms with van der Waals surface area (Å²) in [7, 11) is 3.08.